The van der Waals surface area contributed by atoms with Gasteiger partial charge in [0.2, 0.25) is 0 Å². The zero-order valence-electron chi connectivity index (χ0n) is 12.8. The fourth-order valence-electron chi connectivity index (χ4n) is 2.98. The molecule has 0 spiro atoms. The molecule has 2 aromatic rings. The zero-order chi connectivity index (χ0) is 15.2. The Bertz CT molecular complexity index is 576. The number of rotatable bonds is 1. The second kappa shape index (κ2) is 7.92. The van der Waals surface area contributed by atoms with Gasteiger partial charge < -0.3 is 20.5 Å². The molecule has 2 saturated heterocycles. The summed E-state index contributed by atoms with van der Waals surface area (Å²) in [6, 6.07) is 6.50. The van der Waals surface area contributed by atoms with Crippen molar-refractivity contribution in [1.82, 2.24) is 25.5 Å². The number of nitrogens with one attached hydrogen (secondary N) is 3. The molecule has 1 aromatic carbocycles. The van der Waals surface area contributed by atoms with Crippen LogP contribution in [0.1, 0.15) is 18.9 Å². The van der Waals surface area contributed by atoms with Crippen LogP contribution in [-0.4, -0.2) is 48.8 Å². The van der Waals surface area contributed by atoms with Crippen molar-refractivity contribution < 1.29 is 0 Å². The summed E-state index contributed by atoms with van der Waals surface area (Å²) in [5, 5.41) is 10.6. The van der Waals surface area contributed by atoms with E-state index in [1.54, 1.807) is 0 Å². The van der Waals surface area contributed by atoms with E-state index in [1.807, 2.05) is 18.5 Å². The summed E-state index contributed by atoms with van der Waals surface area (Å²) in [4.78, 5) is 4.41. The summed E-state index contributed by atoms with van der Waals surface area (Å²) in [5.74, 6) is 0. The zero-order valence-corrected chi connectivity index (χ0v) is 13.6. The highest BCUT2D eigenvalue weighted by molar-refractivity contribution is 6.31. The highest BCUT2D eigenvalue weighted by Gasteiger charge is 2.16. The van der Waals surface area contributed by atoms with Gasteiger partial charge in [-0.2, -0.15) is 0 Å². The Morgan fingerprint density at radius 1 is 0.955 bits per heavy atom. The van der Waals surface area contributed by atoms with E-state index in [1.165, 1.54) is 18.4 Å². The van der Waals surface area contributed by atoms with E-state index in [-0.39, 0.29) is 0 Å². The molecule has 2 aliphatic rings. The molecule has 0 amide bonds. The van der Waals surface area contributed by atoms with Gasteiger partial charge in [0.15, 0.2) is 0 Å². The molecule has 2 fully saturated rings. The summed E-state index contributed by atoms with van der Waals surface area (Å²) < 4.78 is 2.28. The Kier molecular flexibility index (Phi) is 5.67. The fraction of sp³-hybridized carbons (Fsp3) is 0.562. The molecule has 3 heterocycles. The molecule has 120 valence electrons. The molecular formula is C16H24ClN5. The summed E-state index contributed by atoms with van der Waals surface area (Å²) in [6.45, 7) is 6.75. The number of imidazole rings is 1. The lowest BCUT2D eigenvalue weighted by atomic mass is 10.1. The SMILES string of the molecule is C1CNCCN1.Clc1ccc2c(c1)ncn2C1CCNCC1. The van der Waals surface area contributed by atoms with Crippen LogP contribution in [0, 0.1) is 0 Å². The van der Waals surface area contributed by atoms with Crippen LogP contribution in [-0.2, 0) is 0 Å². The minimum atomic E-state index is 0.576. The van der Waals surface area contributed by atoms with Crippen LogP contribution in [0.4, 0.5) is 0 Å². The number of halogens is 1. The molecule has 0 saturated carbocycles. The van der Waals surface area contributed by atoms with Crippen molar-refractivity contribution >= 4 is 22.6 Å². The van der Waals surface area contributed by atoms with Crippen molar-refractivity contribution in [2.45, 2.75) is 18.9 Å². The van der Waals surface area contributed by atoms with E-state index in [2.05, 4.69) is 31.6 Å². The number of hydrogen-bond donors (Lipinski definition) is 3. The van der Waals surface area contributed by atoms with Crippen molar-refractivity contribution in [2.24, 2.45) is 0 Å². The van der Waals surface area contributed by atoms with E-state index in [4.69, 9.17) is 11.6 Å². The van der Waals surface area contributed by atoms with E-state index in [0.29, 0.717) is 6.04 Å². The normalized spacial score (nSPS) is 19.7. The van der Waals surface area contributed by atoms with Crippen LogP contribution in [0.2, 0.25) is 5.02 Å². The monoisotopic (exact) mass is 321 g/mol. The Labute approximate surface area is 136 Å². The van der Waals surface area contributed by atoms with Crippen molar-refractivity contribution in [1.29, 1.82) is 0 Å². The van der Waals surface area contributed by atoms with Crippen LogP contribution in [0.3, 0.4) is 0 Å². The van der Waals surface area contributed by atoms with Crippen LogP contribution in [0.15, 0.2) is 24.5 Å². The first-order valence-corrected chi connectivity index (χ1v) is 8.46. The maximum absolute atomic E-state index is 5.95. The van der Waals surface area contributed by atoms with Gasteiger partial charge in [0.05, 0.1) is 17.4 Å². The molecule has 2 aliphatic heterocycles. The Balaban J connectivity index is 0.000000202. The summed E-state index contributed by atoms with van der Waals surface area (Å²) >= 11 is 5.95. The second-order valence-corrected chi connectivity index (χ2v) is 6.20. The van der Waals surface area contributed by atoms with Crippen molar-refractivity contribution in [2.75, 3.05) is 39.3 Å². The lowest BCUT2D eigenvalue weighted by molar-refractivity contribution is 0.374. The number of fused-ring (bicyclic) bond motifs is 1. The fourth-order valence-corrected chi connectivity index (χ4v) is 3.15. The smallest absolute Gasteiger partial charge is 0.0960 e. The average Bonchev–Trinajstić information content (AvgIpc) is 3.01. The third-order valence-electron chi connectivity index (χ3n) is 4.20. The number of hydrogen-bond acceptors (Lipinski definition) is 4. The standard InChI is InChI=1S/C12H14ClN3.C4H10N2/c13-9-1-2-12-11(7-9)15-8-16(12)10-3-5-14-6-4-10;1-2-6-4-3-5-1/h1-2,7-8,10,14H,3-6H2;5-6H,1-4H2. The highest BCUT2D eigenvalue weighted by Crippen LogP contribution is 2.25. The maximum Gasteiger partial charge on any atom is 0.0960 e. The minimum Gasteiger partial charge on any atom is -0.327 e. The summed E-state index contributed by atoms with van der Waals surface area (Å²) in [6.07, 6.45) is 4.29. The number of nitrogens with zero attached hydrogens (tertiary/aromatic N) is 2. The molecule has 0 bridgehead atoms. The van der Waals surface area contributed by atoms with E-state index >= 15 is 0 Å². The van der Waals surface area contributed by atoms with E-state index < -0.39 is 0 Å². The molecule has 4 rings (SSSR count). The number of benzene rings is 1. The molecule has 0 unspecified atom stereocenters. The Morgan fingerprint density at radius 3 is 2.23 bits per heavy atom. The quantitative estimate of drug-likeness (QED) is 0.749. The van der Waals surface area contributed by atoms with Crippen molar-refractivity contribution in [3.8, 4) is 0 Å². The Morgan fingerprint density at radius 2 is 1.59 bits per heavy atom. The first-order valence-electron chi connectivity index (χ1n) is 8.09. The molecule has 22 heavy (non-hydrogen) atoms. The minimum absolute atomic E-state index is 0.576. The topological polar surface area (TPSA) is 53.9 Å². The number of piperazine rings is 1. The number of piperidine rings is 1. The van der Waals surface area contributed by atoms with Gasteiger partial charge in [0.1, 0.15) is 0 Å². The van der Waals surface area contributed by atoms with Gasteiger partial charge in [0.25, 0.3) is 0 Å². The van der Waals surface area contributed by atoms with E-state index in [9.17, 15) is 0 Å². The van der Waals surface area contributed by atoms with Gasteiger partial charge in [-0.15, -0.1) is 0 Å². The third-order valence-corrected chi connectivity index (χ3v) is 4.43. The largest absolute Gasteiger partial charge is 0.327 e. The molecule has 0 atom stereocenters. The predicted molar refractivity (Wildman–Crippen MR) is 91.6 cm³/mol. The summed E-state index contributed by atoms with van der Waals surface area (Å²) in [7, 11) is 0. The maximum atomic E-state index is 5.95. The molecule has 0 radical (unpaired) electrons. The second-order valence-electron chi connectivity index (χ2n) is 5.77. The van der Waals surface area contributed by atoms with Gasteiger partial charge in [0, 0.05) is 37.2 Å². The average molecular weight is 322 g/mol. The van der Waals surface area contributed by atoms with Gasteiger partial charge in [-0.3, -0.25) is 0 Å². The molecule has 6 heteroatoms. The molecule has 0 aliphatic carbocycles. The molecule has 3 N–H and O–H groups in total. The van der Waals surface area contributed by atoms with Gasteiger partial charge >= 0.3 is 0 Å². The molecule has 5 nitrogen and oxygen atoms in total. The van der Waals surface area contributed by atoms with Gasteiger partial charge in [-0.25, -0.2) is 4.98 Å². The molecule has 1 aromatic heterocycles. The Hall–Kier alpha value is -1.14. The first kappa shape index (κ1) is 15.7. The first-order chi connectivity index (χ1) is 10.8. The van der Waals surface area contributed by atoms with Crippen LogP contribution < -0.4 is 16.0 Å². The predicted octanol–water partition coefficient (Wildman–Crippen LogP) is 1.79. The van der Waals surface area contributed by atoms with Gasteiger partial charge in [-0.1, -0.05) is 11.6 Å². The molecular weight excluding hydrogens is 298 g/mol. The van der Waals surface area contributed by atoms with Crippen LogP contribution in [0.25, 0.3) is 11.0 Å². The van der Waals surface area contributed by atoms with Crippen molar-refractivity contribution in [3.05, 3.63) is 29.5 Å². The third kappa shape index (κ3) is 3.98. The number of aromatic nitrogens is 2. The van der Waals surface area contributed by atoms with Crippen molar-refractivity contribution in [3.63, 3.8) is 0 Å². The summed E-state index contributed by atoms with van der Waals surface area (Å²) in [5.41, 5.74) is 2.18. The van der Waals surface area contributed by atoms with Crippen LogP contribution in [0.5, 0.6) is 0 Å². The lowest BCUT2D eigenvalue weighted by Crippen LogP contribution is -2.39. The van der Waals surface area contributed by atoms with E-state index in [0.717, 1.165) is 49.8 Å². The highest BCUT2D eigenvalue weighted by atomic mass is 35.5. The van der Waals surface area contributed by atoms with Crippen LogP contribution >= 0.6 is 11.6 Å². The van der Waals surface area contributed by atoms with Gasteiger partial charge in [-0.05, 0) is 44.1 Å². The lowest BCUT2D eigenvalue weighted by Gasteiger charge is -2.24.